The number of aryl methyl sites for hydroxylation is 4. The number of aromatic nitrogens is 16. The Hall–Kier alpha value is -9.80. The number of amidine groups is 1. The smallest absolute Gasteiger partial charge is 0.279 e. The van der Waals surface area contributed by atoms with E-state index >= 15 is 0 Å². The molecular formula is C65H80F5N19O19. The van der Waals surface area contributed by atoms with Gasteiger partial charge in [0.05, 0.1) is 58.3 Å². The Labute approximate surface area is 605 Å². The van der Waals surface area contributed by atoms with Crippen LogP contribution in [0.1, 0.15) is 74.9 Å². The van der Waals surface area contributed by atoms with Gasteiger partial charge in [0.2, 0.25) is 0 Å². The number of nitrogens with two attached hydrogens (primary N) is 1. The van der Waals surface area contributed by atoms with Gasteiger partial charge in [-0.1, -0.05) is 39.2 Å². The Morgan fingerprint density at radius 2 is 0.778 bits per heavy atom. The average molecular weight is 1530 g/mol. The maximum Gasteiger partial charge on any atom is 0.279 e. The van der Waals surface area contributed by atoms with Crippen molar-refractivity contribution in [3.8, 4) is 0 Å². The molecule has 0 unspecified atom stereocenters. The van der Waals surface area contributed by atoms with E-state index in [4.69, 9.17) is 29.4 Å². The normalized spacial score (nSPS) is 32.8. The van der Waals surface area contributed by atoms with Crippen molar-refractivity contribution in [3.63, 3.8) is 0 Å². The largest absolute Gasteiger partial charge is 0.393 e. The first-order chi connectivity index (χ1) is 51.2. The second-order valence-corrected chi connectivity index (χ2v) is 25.8. The highest BCUT2D eigenvalue weighted by molar-refractivity contribution is 5.92. The molecule has 14 heterocycles. The zero-order valence-corrected chi connectivity index (χ0v) is 58.5. The van der Waals surface area contributed by atoms with Crippen molar-refractivity contribution in [3.05, 3.63) is 158 Å². The van der Waals surface area contributed by atoms with Crippen molar-refractivity contribution in [2.75, 3.05) is 33.0 Å². The first-order valence-electron chi connectivity index (χ1n) is 33.1. The van der Waals surface area contributed by atoms with E-state index in [0.29, 0.717) is 23.3 Å². The highest BCUT2D eigenvalue weighted by Crippen LogP contribution is 2.46. The molecule has 584 valence electrons. The Morgan fingerprint density at radius 1 is 0.491 bits per heavy atom. The van der Waals surface area contributed by atoms with Crippen LogP contribution in [0.15, 0.2) is 118 Å². The Morgan fingerprint density at radius 3 is 1.04 bits per heavy atom. The lowest BCUT2D eigenvalue weighted by molar-refractivity contribution is -0.128. The van der Waals surface area contributed by atoms with Crippen LogP contribution in [-0.4, -0.2) is 269 Å². The number of imidazole rings is 4. The summed E-state index contributed by atoms with van der Waals surface area (Å²) in [7, 11) is 0. The number of nitrogens with zero attached hydrogens (tertiary/aromatic N) is 14. The summed E-state index contributed by atoms with van der Waals surface area (Å²) < 4.78 is 105. The summed E-state index contributed by atoms with van der Waals surface area (Å²) in [5.41, 5.74) is -0.614. The van der Waals surface area contributed by atoms with Crippen LogP contribution in [0.2, 0.25) is 0 Å². The number of nitrogens with one attached hydrogen (secondary N) is 4. The van der Waals surface area contributed by atoms with Gasteiger partial charge < -0.3 is 105 Å². The molecule has 5 saturated heterocycles. The van der Waals surface area contributed by atoms with Gasteiger partial charge in [0.1, 0.15) is 93.5 Å². The lowest BCUT2D eigenvalue weighted by Crippen LogP contribution is -2.44. The molecule has 0 saturated carbocycles. The van der Waals surface area contributed by atoms with Gasteiger partial charge in [0, 0.05) is 6.20 Å². The standard InChI is InChI=1S/2C13H17FN4O4.2C13H15FN4O4.C13H16FN3O3/c4*1-3-13(4-19)9(20)7(14)12(22-13)18-5-15-8-10(18)16-6(2)17-11(8)21;1-3-5-13(7-18)11(19)10(14)12(20-13)17-6-4-9(15)16-8(17)2/h2*5,7,9,12,19-20H,3-4H2,1-2H3,(H,16,17,21);2*3,5,7,9,12,19-20H,1,4H2,2H3,(H,16,17,21);4-6,10-12,18-19H,1-2,7H2,(H2,15,16)/t4*7-,9+,12-,13-;10-,11+,12-,13-/m11111/s1. The number of aromatic amines is 4. The zero-order chi connectivity index (χ0) is 79.2. The van der Waals surface area contributed by atoms with Crippen LogP contribution in [0.4, 0.5) is 22.0 Å². The summed E-state index contributed by atoms with van der Waals surface area (Å²) in [6.45, 7) is 20.8. The van der Waals surface area contributed by atoms with Crippen LogP contribution in [0, 0.1) is 27.7 Å². The highest BCUT2D eigenvalue weighted by atomic mass is 19.2. The predicted molar refractivity (Wildman–Crippen MR) is 367 cm³/mol. The first kappa shape index (κ1) is 80.7. The van der Waals surface area contributed by atoms with Gasteiger partial charge in [-0.3, -0.25) is 37.4 Å². The molecule has 8 aromatic heterocycles. The summed E-state index contributed by atoms with van der Waals surface area (Å²) in [5, 5.41) is 97.3. The molecule has 0 bridgehead atoms. The van der Waals surface area contributed by atoms with E-state index < -0.39 is 176 Å². The molecule has 43 heteroatoms. The molecule has 6 aliphatic heterocycles. The molecule has 5 fully saturated rings. The molecule has 14 rings (SSSR count). The average Bonchev–Trinajstić information content (AvgIpc) is 1.58. The number of rotatable bonds is 15. The summed E-state index contributed by atoms with van der Waals surface area (Å²) in [6.07, 6.45) is -11.0. The van der Waals surface area contributed by atoms with Crippen molar-refractivity contribution in [2.45, 2.75) is 175 Å². The maximum atomic E-state index is 14.5. The van der Waals surface area contributed by atoms with E-state index in [0.717, 1.165) is 12.2 Å². The molecule has 38 nitrogen and oxygen atoms in total. The minimum absolute atomic E-state index is 0.0380. The number of aliphatic hydroxyl groups excluding tert-OH is 10. The molecule has 0 spiro atoms. The quantitative estimate of drug-likeness (QED) is 0.0316. The van der Waals surface area contributed by atoms with Crippen molar-refractivity contribution < 1.29 is 96.7 Å². The van der Waals surface area contributed by atoms with Crippen LogP contribution in [0.25, 0.3) is 44.7 Å². The van der Waals surface area contributed by atoms with E-state index in [9.17, 15) is 92.2 Å². The Kier molecular flexibility index (Phi) is 23.5. The van der Waals surface area contributed by atoms with E-state index in [1.54, 1.807) is 41.5 Å². The van der Waals surface area contributed by atoms with Crippen LogP contribution in [-0.2, 0) is 23.7 Å². The molecule has 0 aliphatic carbocycles. The summed E-state index contributed by atoms with van der Waals surface area (Å²) in [6, 6.07) is 0. The molecule has 20 atom stereocenters. The SMILES string of the molecule is C=C=C[C@]1(CO)O[C@@H](N2C=CC(N)=NC2=C)[C@H](F)[C@@H]1O.C=C[C@]1(CO)O[C@@H](n2cnc3c(=O)[nH]c(C)nc32)[C@H](F)[C@@H]1O.C=C[C@]1(CO)O[C@@H](n2cnc3c(=O)[nH]c(C)nc32)[C@H](F)[C@@H]1O.CC[C@]1(CO)O[C@@H](n2cnc3c(=O)[nH]c(C)nc32)[C@H](F)[C@@H]1O.CC[C@]1(CO)O[C@@H](n2cnc3c(=O)[nH]c(C)nc32)[C@H](F)[C@@H]1O. The highest BCUT2D eigenvalue weighted by Gasteiger charge is 2.60. The van der Waals surface area contributed by atoms with Crippen molar-refractivity contribution in [2.24, 2.45) is 10.7 Å². The number of ether oxygens (including phenoxy) is 5. The second-order valence-electron chi connectivity index (χ2n) is 25.8. The molecule has 0 radical (unpaired) electrons. The Bertz CT molecular complexity index is 4770. The van der Waals surface area contributed by atoms with Gasteiger partial charge in [-0.05, 0) is 52.7 Å². The molecular weight excluding hydrogens is 1450 g/mol. The van der Waals surface area contributed by atoms with E-state index in [2.05, 4.69) is 96.8 Å². The predicted octanol–water partition coefficient (Wildman–Crippen LogP) is -1.49. The zero-order valence-electron chi connectivity index (χ0n) is 58.5. The van der Waals surface area contributed by atoms with Gasteiger partial charge in [0.15, 0.2) is 107 Å². The lowest BCUT2D eigenvalue weighted by Gasteiger charge is -2.31. The third kappa shape index (κ3) is 14.0. The van der Waals surface area contributed by atoms with Crippen molar-refractivity contribution in [1.29, 1.82) is 0 Å². The number of aliphatic imine (C=N–C) groups is 1. The van der Waals surface area contributed by atoms with Gasteiger partial charge in [-0.25, -0.2) is 66.8 Å². The number of aliphatic hydroxyl groups is 10. The third-order valence-corrected chi connectivity index (χ3v) is 19.2. The minimum Gasteiger partial charge on any atom is -0.393 e. The number of H-pyrrole nitrogens is 4. The molecule has 8 aromatic rings. The fourth-order valence-electron chi connectivity index (χ4n) is 12.9. The summed E-state index contributed by atoms with van der Waals surface area (Å²) in [5.74, 6) is 1.81. The van der Waals surface area contributed by atoms with Crippen LogP contribution in [0.3, 0.4) is 0 Å². The van der Waals surface area contributed by atoms with Crippen LogP contribution in [0.5, 0.6) is 0 Å². The van der Waals surface area contributed by atoms with Crippen molar-refractivity contribution >= 4 is 50.5 Å². The van der Waals surface area contributed by atoms with Crippen molar-refractivity contribution in [1.82, 2.24) is 83.0 Å². The second kappa shape index (κ2) is 31.4. The number of fused-ring (bicyclic) bond motifs is 4. The maximum absolute atomic E-state index is 14.5. The summed E-state index contributed by atoms with van der Waals surface area (Å²) in [4.78, 5) is 94.7. The van der Waals surface area contributed by atoms with E-state index in [1.165, 1.54) is 66.8 Å². The number of alkyl halides is 5. The first-order valence-corrected chi connectivity index (χ1v) is 33.1. The third-order valence-electron chi connectivity index (χ3n) is 19.2. The number of hydrogen-bond acceptors (Lipinski definition) is 30. The minimum atomic E-state index is -1.84. The molecule has 108 heavy (non-hydrogen) atoms. The number of halogens is 5. The molecule has 0 aromatic carbocycles. The fourth-order valence-corrected chi connectivity index (χ4v) is 12.9. The Balaban J connectivity index is 0.000000144. The van der Waals surface area contributed by atoms with Gasteiger partial charge in [0.25, 0.3) is 22.2 Å². The van der Waals surface area contributed by atoms with Gasteiger partial charge in [-0.2, -0.15) is 0 Å². The summed E-state index contributed by atoms with van der Waals surface area (Å²) >= 11 is 0. The molecule has 0 amide bonds. The molecule has 16 N–H and O–H groups in total. The topological polar surface area (TPSA) is 544 Å². The molecule has 6 aliphatic rings. The fraction of sp³-hybridized carbons (Fsp3) is 0.508. The van der Waals surface area contributed by atoms with Crippen LogP contribution < -0.4 is 28.0 Å². The van der Waals surface area contributed by atoms with E-state index in [-0.39, 0.29) is 69.2 Å². The van der Waals surface area contributed by atoms with Gasteiger partial charge in [-0.15, -0.1) is 18.9 Å². The number of hydrogen-bond donors (Lipinski definition) is 15. The monoisotopic (exact) mass is 1530 g/mol. The lowest BCUT2D eigenvalue weighted by atomic mass is 9.94. The van der Waals surface area contributed by atoms with Crippen LogP contribution >= 0.6 is 0 Å². The van der Waals surface area contributed by atoms with Gasteiger partial charge >= 0.3 is 0 Å². The van der Waals surface area contributed by atoms with E-state index in [1.807, 2.05) is 0 Å².